The maximum Gasteiger partial charge on any atom is 0.124 e. The second kappa shape index (κ2) is 6.96. The molecule has 0 aliphatic carbocycles. The fourth-order valence-electron chi connectivity index (χ4n) is 3.69. The Labute approximate surface area is 151 Å². The van der Waals surface area contributed by atoms with Crippen molar-refractivity contribution in [3.05, 3.63) is 40.9 Å². The van der Waals surface area contributed by atoms with Gasteiger partial charge in [0.05, 0.1) is 22.6 Å². The van der Waals surface area contributed by atoms with Crippen LogP contribution in [-0.4, -0.2) is 46.1 Å². The number of hydrogen-bond acceptors (Lipinski definition) is 4. The minimum atomic E-state index is -0.355. The van der Waals surface area contributed by atoms with Crippen molar-refractivity contribution in [3.8, 4) is 5.69 Å². The Morgan fingerprint density at radius 3 is 2.96 bits per heavy atom. The van der Waals surface area contributed by atoms with E-state index in [9.17, 15) is 4.39 Å². The molecule has 1 N–H and O–H groups in total. The molecule has 2 aliphatic rings. The third-order valence-electron chi connectivity index (χ3n) is 4.93. The molecule has 2 saturated heterocycles. The number of hydrogen-bond donors (Lipinski definition) is 1. The minimum Gasteiger partial charge on any atom is -0.316 e. The zero-order valence-electron chi connectivity index (χ0n) is 13.2. The van der Waals surface area contributed by atoms with Gasteiger partial charge in [0.2, 0.25) is 0 Å². The van der Waals surface area contributed by atoms with Crippen LogP contribution in [0.4, 0.5) is 4.39 Å². The van der Waals surface area contributed by atoms with E-state index < -0.39 is 0 Å². The van der Waals surface area contributed by atoms with Crippen molar-refractivity contribution in [2.45, 2.75) is 19.4 Å². The molecule has 5 nitrogen and oxygen atoms in total. The van der Waals surface area contributed by atoms with E-state index in [1.54, 1.807) is 10.7 Å². The maximum absolute atomic E-state index is 13.1. The summed E-state index contributed by atoms with van der Waals surface area (Å²) in [5, 5.41) is 12.2. The lowest BCUT2D eigenvalue weighted by molar-refractivity contribution is 0.266. The normalized spacial score (nSPS) is 23.8. The Kier molecular flexibility index (Phi) is 5.11. The number of nitrogens with one attached hydrogen (secondary N) is 1. The van der Waals surface area contributed by atoms with Crippen LogP contribution in [0.25, 0.3) is 5.69 Å². The summed E-state index contributed by atoms with van der Waals surface area (Å²) in [7, 11) is 0. The molecule has 1 unspecified atom stereocenters. The first-order valence-electron chi connectivity index (χ1n) is 7.93. The van der Waals surface area contributed by atoms with E-state index >= 15 is 0 Å². The Hall–Kier alpha value is -1.21. The van der Waals surface area contributed by atoms with Gasteiger partial charge in [-0.15, -0.1) is 17.5 Å². The van der Waals surface area contributed by atoms with E-state index in [1.165, 1.54) is 25.0 Å². The lowest BCUT2D eigenvalue weighted by Crippen LogP contribution is -2.29. The molecule has 1 atom stereocenters. The zero-order chi connectivity index (χ0) is 15.9. The lowest BCUT2D eigenvalue weighted by atomic mass is 9.87. The summed E-state index contributed by atoms with van der Waals surface area (Å²) >= 11 is 6.08. The monoisotopic (exact) mass is 371 g/mol. The molecule has 130 valence electrons. The molecule has 8 heteroatoms. The molecule has 3 heterocycles. The minimum absolute atomic E-state index is 0. The van der Waals surface area contributed by atoms with Crippen molar-refractivity contribution in [1.29, 1.82) is 0 Å². The summed E-state index contributed by atoms with van der Waals surface area (Å²) < 4.78 is 14.8. The van der Waals surface area contributed by atoms with E-state index in [4.69, 9.17) is 11.6 Å². The van der Waals surface area contributed by atoms with Crippen LogP contribution >= 0.6 is 24.0 Å². The van der Waals surface area contributed by atoms with E-state index in [0.717, 1.165) is 38.4 Å². The lowest BCUT2D eigenvalue weighted by Gasteiger charge is -2.22. The first-order chi connectivity index (χ1) is 11.1. The van der Waals surface area contributed by atoms with Gasteiger partial charge in [0.1, 0.15) is 5.82 Å². The van der Waals surface area contributed by atoms with Gasteiger partial charge in [0, 0.05) is 19.6 Å². The number of likely N-dealkylation sites (tertiary alicyclic amines) is 1. The predicted octanol–water partition coefficient (Wildman–Crippen LogP) is 2.67. The number of nitrogens with zero attached hydrogens (tertiary/aromatic N) is 4. The topological polar surface area (TPSA) is 46.0 Å². The molecule has 0 bridgehead atoms. The molecule has 0 radical (unpaired) electrons. The Morgan fingerprint density at radius 2 is 2.21 bits per heavy atom. The molecule has 2 fully saturated rings. The van der Waals surface area contributed by atoms with Crippen LogP contribution in [0.5, 0.6) is 0 Å². The highest BCUT2D eigenvalue weighted by Crippen LogP contribution is 2.36. The molecular formula is C16H20Cl2FN5. The van der Waals surface area contributed by atoms with Crippen molar-refractivity contribution in [2.24, 2.45) is 5.41 Å². The predicted molar refractivity (Wildman–Crippen MR) is 93.4 cm³/mol. The fraction of sp³-hybridized carbons (Fsp3) is 0.500. The van der Waals surface area contributed by atoms with Gasteiger partial charge in [0.25, 0.3) is 0 Å². The molecule has 1 aromatic heterocycles. The number of aromatic nitrogens is 3. The van der Waals surface area contributed by atoms with Crippen LogP contribution in [0.1, 0.15) is 18.5 Å². The summed E-state index contributed by atoms with van der Waals surface area (Å²) in [6.07, 6.45) is 4.39. The molecule has 0 amide bonds. The van der Waals surface area contributed by atoms with Gasteiger partial charge >= 0.3 is 0 Å². The maximum atomic E-state index is 13.1. The molecule has 24 heavy (non-hydrogen) atoms. The third kappa shape index (κ3) is 3.42. The standard InChI is InChI=1S/C16H19ClFN5.ClH/c17-14-7-12(18)1-2-15(14)23-9-13(20-21-23)8-22-6-4-16(11-22)3-5-19-10-16;/h1-2,7,9,19H,3-6,8,10-11H2;1H. The van der Waals surface area contributed by atoms with E-state index in [1.807, 2.05) is 6.20 Å². The van der Waals surface area contributed by atoms with Crippen molar-refractivity contribution >= 4 is 24.0 Å². The van der Waals surface area contributed by atoms with Gasteiger partial charge in [-0.1, -0.05) is 16.8 Å². The van der Waals surface area contributed by atoms with E-state index in [0.29, 0.717) is 16.1 Å². The molecule has 4 rings (SSSR count). The van der Waals surface area contributed by atoms with Gasteiger partial charge in [-0.05, 0) is 49.5 Å². The average molecular weight is 372 g/mol. The summed E-state index contributed by atoms with van der Waals surface area (Å²) in [6.45, 7) is 5.27. The van der Waals surface area contributed by atoms with Crippen LogP contribution in [0.15, 0.2) is 24.4 Å². The SMILES string of the molecule is Cl.Fc1ccc(-n2cc(CN3CCC4(CCNC4)C3)nn2)c(Cl)c1. The van der Waals surface area contributed by atoms with Gasteiger partial charge in [-0.2, -0.15) is 0 Å². The smallest absolute Gasteiger partial charge is 0.124 e. The third-order valence-corrected chi connectivity index (χ3v) is 5.24. The quantitative estimate of drug-likeness (QED) is 0.900. The molecule has 2 aromatic rings. The average Bonchev–Trinajstić information content (AvgIpc) is 3.24. The van der Waals surface area contributed by atoms with Crippen LogP contribution < -0.4 is 5.32 Å². The highest BCUT2D eigenvalue weighted by Gasteiger charge is 2.40. The highest BCUT2D eigenvalue weighted by atomic mass is 35.5. The van der Waals surface area contributed by atoms with Gasteiger partial charge in [0.15, 0.2) is 0 Å². The fourth-order valence-corrected chi connectivity index (χ4v) is 3.95. The van der Waals surface area contributed by atoms with Crippen molar-refractivity contribution in [1.82, 2.24) is 25.2 Å². The second-order valence-electron chi connectivity index (χ2n) is 6.64. The first kappa shape index (κ1) is 17.6. The molecule has 1 spiro atoms. The number of benzene rings is 1. The highest BCUT2D eigenvalue weighted by molar-refractivity contribution is 6.32. The molecular weight excluding hydrogens is 352 g/mol. The van der Waals surface area contributed by atoms with Crippen LogP contribution in [-0.2, 0) is 6.54 Å². The summed E-state index contributed by atoms with van der Waals surface area (Å²) in [5.74, 6) is -0.355. The summed E-state index contributed by atoms with van der Waals surface area (Å²) in [6, 6.07) is 4.28. The van der Waals surface area contributed by atoms with E-state index in [-0.39, 0.29) is 18.2 Å². The number of rotatable bonds is 3. The van der Waals surface area contributed by atoms with Gasteiger partial charge in [-0.25, -0.2) is 9.07 Å². The molecule has 2 aliphatic heterocycles. The zero-order valence-corrected chi connectivity index (χ0v) is 14.8. The van der Waals surface area contributed by atoms with Gasteiger partial charge < -0.3 is 5.32 Å². The van der Waals surface area contributed by atoms with Crippen molar-refractivity contribution < 1.29 is 4.39 Å². The largest absolute Gasteiger partial charge is 0.316 e. The Morgan fingerprint density at radius 1 is 1.33 bits per heavy atom. The van der Waals surface area contributed by atoms with Crippen molar-refractivity contribution in [2.75, 3.05) is 26.2 Å². The Balaban J connectivity index is 0.00000169. The number of halogens is 3. The van der Waals surface area contributed by atoms with Gasteiger partial charge in [-0.3, -0.25) is 4.90 Å². The van der Waals surface area contributed by atoms with E-state index in [2.05, 4.69) is 20.5 Å². The van der Waals surface area contributed by atoms with Crippen LogP contribution in [0, 0.1) is 11.2 Å². The summed E-state index contributed by atoms with van der Waals surface area (Å²) in [5.41, 5.74) is 2.01. The summed E-state index contributed by atoms with van der Waals surface area (Å²) in [4.78, 5) is 2.44. The molecule has 1 aromatic carbocycles. The Bertz CT molecular complexity index is 714. The first-order valence-corrected chi connectivity index (χ1v) is 8.31. The molecule has 0 saturated carbocycles. The van der Waals surface area contributed by atoms with Crippen LogP contribution in [0.3, 0.4) is 0 Å². The van der Waals surface area contributed by atoms with Crippen LogP contribution in [0.2, 0.25) is 5.02 Å². The second-order valence-corrected chi connectivity index (χ2v) is 7.04. The van der Waals surface area contributed by atoms with Crippen molar-refractivity contribution in [3.63, 3.8) is 0 Å².